The molecule has 2 aliphatic heterocycles. The second-order valence-electron chi connectivity index (χ2n) is 9.36. The third kappa shape index (κ3) is 4.51. The normalized spacial score (nSPS) is 21.2. The van der Waals surface area contributed by atoms with Crippen LogP contribution in [0.1, 0.15) is 40.9 Å². The molecular formula is C28H32FN3O3. The first-order valence-electron chi connectivity index (χ1n) is 12.1. The van der Waals surface area contributed by atoms with Crippen LogP contribution < -0.4 is 9.47 Å². The first-order chi connectivity index (χ1) is 17.0. The maximum atomic E-state index is 14.5. The van der Waals surface area contributed by atoms with E-state index in [9.17, 15) is 9.50 Å². The Hall–Kier alpha value is -3.00. The Labute approximate surface area is 205 Å². The fourth-order valence-electron chi connectivity index (χ4n) is 5.54. The van der Waals surface area contributed by atoms with Crippen LogP contribution in [0.5, 0.6) is 11.5 Å². The van der Waals surface area contributed by atoms with Crippen LogP contribution in [0.2, 0.25) is 0 Å². The lowest BCUT2D eigenvalue weighted by Crippen LogP contribution is -2.56. The predicted molar refractivity (Wildman–Crippen MR) is 132 cm³/mol. The lowest BCUT2D eigenvalue weighted by molar-refractivity contribution is -0.0892. The van der Waals surface area contributed by atoms with Crippen LogP contribution in [0, 0.1) is 5.82 Å². The standard InChI is InChI=1S/C28H32FN3O3/c1-18-22-15-27(35-3)26(34-2)14-20(22)10-12-32(18)28(33)25-13-19-7-4-5-8-21(19)16-31(25)17-24-23(29)9-6-11-30-24/h4-9,11,14-15,18,25,28,33H,10,12-13,16-17H2,1-3H3. The molecule has 35 heavy (non-hydrogen) atoms. The molecule has 0 spiro atoms. The third-order valence-electron chi connectivity index (χ3n) is 7.49. The molecule has 0 radical (unpaired) electrons. The summed E-state index contributed by atoms with van der Waals surface area (Å²) in [4.78, 5) is 8.59. The Morgan fingerprint density at radius 1 is 1.06 bits per heavy atom. The van der Waals surface area contributed by atoms with Crippen molar-refractivity contribution in [3.05, 3.63) is 88.5 Å². The van der Waals surface area contributed by atoms with Gasteiger partial charge in [0, 0.05) is 31.9 Å². The Kier molecular flexibility index (Phi) is 6.73. The van der Waals surface area contributed by atoms with Gasteiger partial charge in [-0.3, -0.25) is 14.8 Å². The zero-order chi connectivity index (χ0) is 24.5. The van der Waals surface area contributed by atoms with Crippen molar-refractivity contribution < 1.29 is 19.0 Å². The van der Waals surface area contributed by atoms with Crippen LogP contribution in [0.4, 0.5) is 4.39 Å². The second-order valence-corrected chi connectivity index (χ2v) is 9.36. The maximum absolute atomic E-state index is 14.5. The molecule has 2 aliphatic rings. The van der Waals surface area contributed by atoms with E-state index in [1.165, 1.54) is 22.8 Å². The molecule has 0 aliphatic carbocycles. The molecule has 6 nitrogen and oxygen atoms in total. The first-order valence-corrected chi connectivity index (χ1v) is 12.1. The van der Waals surface area contributed by atoms with E-state index in [1.807, 2.05) is 24.3 Å². The highest BCUT2D eigenvalue weighted by molar-refractivity contribution is 5.49. The number of methoxy groups -OCH3 is 2. The molecule has 3 aromatic rings. The molecule has 5 rings (SSSR count). The highest BCUT2D eigenvalue weighted by Gasteiger charge is 2.38. The van der Waals surface area contributed by atoms with Crippen LogP contribution >= 0.6 is 0 Å². The summed E-state index contributed by atoms with van der Waals surface area (Å²) in [6.45, 7) is 3.81. The molecule has 2 aromatic carbocycles. The third-order valence-corrected chi connectivity index (χ3v) is 7.49. The summed E-state index contributed by atoms with van der Waals surface area (Å²) >= 11 is 0. The number of aliphatic hydroxyl groups excluding tert-OH is 1. The van der Waals surface area contributed by atoms with Gasteiger partial charge in [0.05, 0.1) is 26.0 Å². The minimum absolute atomic E-state index is 0.0147. The van der Waals surface area contributed by atoms with Crippen LogP contribution in [0.3, 0.4) is 0 Å². The number of fused-ring (bicyclic) bond motifs is 2. The molecule has 1 aromatic heterocycles. The van der Waals surface area contributed by atoms with E-state index in [2.05, 4.69) is 33.8 Å². The molecule has 0 saturated carbocycles. The van der Waals surface area contributed by atoms with Gasteiger partial charge in [0.15, 0.2) is 11.5 Å². The summed E-state index contributed by atoms with van der Waals surface area (Å²) in [6.07, 6.45) is 2.38. The van der Waals surface area contributed by atoms with E-state index in [0.29, 0.717) is 31.0 Å². The molecule has 3 atom stereocenters. The van der Waals surface area contributed by atoms with E-state index in [1.54, 1.807) is 26.5 Å². The van der Waals surface area contributed by atoms with E-state index >= 15 is 0 Å². The molecule has 0 amide bonds. The number of ether oxygens (including phenoxy) is 2. The van der Waals surface area contributed by atoms with E-state index in [0.717, 1.165) is 24.3 Å². The van der Waals surface area contributed by atoms with Crippen molar-refractivity contribution in [3.63, 3.8) is 0 Å². The van der Waals surface area contributed by atoms with Crippen LogP contribution in [-0.4, -0.2) is 52.9 Å². The van der Waals surface area contributed by atoms with Crippen LogP contribution in [0.15, 0.2) is 54.7 Å². The van der Waals surface area contributed by atoms with Gasteiger partial charge in [0.1, 0.15) is 12.0 Å². The number of rotatable bonds is 6. The largest absolute Gasteiger partial charge is 0.493 e. The maximum Gasteiger partial charge on any atom is 0.161 e. The average Bonchev–Trinajstić information content (AvgIpc) is 2.88. The zero-order valence-electron chi connectivity index (χ0n) is 20.4. The highest BCUT2D eigenvalue weighted by Crippen LogP contribution is 2.39. The molecule has 3 unspecified atom stereocenters. The Bertz CT molecular complexity index is 1200. The van der Waals surface area contributed by atoms with E-state index in [4.69, 9.17) is 9.47 Å². The Balaban J connectivity index is 1.45. The van der Waals surface area contributed by atoms with Crippen molar-refractivity contribution in [1.82, 2.24) is 14.8 Å². The summed E-state index contributed by atoms with van der Waals surface area (Å²) < 4.78 is 25.5. The minimum atomic E-state index is -0.730. The minimum Gasteiger partial charge on any atom is -0.493 e. The number of hydrogen-bond donors (Lipinski definition) is 1. The van der Waals surface area contributed by atoms with Crippen molar-refractivity contribution in [3.8, 4) is 11.5 Å². The fraction of sp³-hybridized carbons (Fsp3) is 0.393. The van der Waals surface area contributed by atoms with Gasteiger partial charge in [-0.25, -0.2) is 4.39 Å². The van der Waals surface area contributed by atoms with Crippen molar-refractivity contribution >= 4 is 0 Å². The molecule has 3 heterocycles. The van der Waals surface area contributed by atoms with Gasteiger partial charge in [0.25, 0.3) is 0 Å². The molecule has 0 bridgehead atoms. The van der Waals surface area contributed by atoms with Gasteiger partial charge >= 0.3 is 0 Å². The predicted octanol–water partition coefficient (Wildman–Crippen LogP) is 4.10. The molecule has 7 heteroatoms. The lowest BCUT2D eigenvalue weighted by Gasteiger charge is -2.46. The van der Waals surface area contributed by atoms with E-state index < -0.39 is 6.23 Å². The molecular weight excluding hydrogens is 445 g/mol. The van der Waals surface area contributed by atoms with E-state index in [-0.39, 0.29) is 17.9 Å². The SMILES string of the molecule is COc1cc2c(cc1OC)C(C)N(C(O)C1Cc3ccccc3CN1Cc1ncccc1F)CC2. The number of benzene rings is 2. The van der Waals surface area contributed by atoms with Gasteiger partial charge in [-0.15, -0.1) is 0 Å². The van der Waals surface area contributed by atoms with Gasteiger partial charge in [-0.1, -0.05) is 24.3 Å². The zero-order valence-corrected chi connectivity index (χ0v) is 20.4. The number of nitrogens with zero attached hydrogens (tertiary/aromatic N) is 3. The number of pyridine rings is 1. The van der Waals surface area contributed by atoms with Crippen molar-refractivity contribution in [2.24, 2.45) is 0 Å². The van der Waals surface area contributed by atoms with Gasteiger partial charge < -0.3 is 14.6 Å². The molecule has 0 saturated heterocycles. The number of aliphatic hydroxyl groups is 1. The summed E-state index contributed by atoms with van der Waals surface area (Å²) in [6, 6.07) is 15.2. The second kappa shape index (κ2) is 9.93. The quantitative estimate of drug-likeness (QED) is 0.577. The van der Waals surface area contributed by atoms with Crippen molar-refractivity contribution in [1.29, 1.82) is 0 Å². The monoisotopic (exact) mass is 477 g/mol. The first kappa shape index (κ1) is 23.7. The molecule has 0 fully saturated rings. The topological polar surface area (TPSA) is 58.1 Å². The summed E-state index contributed by atoms with van der Waals surface area (Å²) in [5, 5.41) is 11.8. The number of halogens is 1. The fourth-order valence-corrected chi connectivity index (χ4v) is 5.54. The lowest BCUT2D eigenvalue weighted by atomic mass is 9.89. The summed E-state index contributed by atoms with van der Waals surface area (Å²) in [5.41, 5.74) is 5.18. The van der Waals surface area contributed by atoms with Crippen LogP contribution in [-0.2, 0) is 25.9 Å². The average molecular weight is 478 g/mol. The van der Waals surface area contributed by atoms with Gasteiger partial charge in [0.2, 0.25) is 0 Å². The Morgan fingerprint density at radius 3 is 2.54 bits per heavy atom. The van der Waals surface area contributed by atoms with Gasteiger partial charge in [-0.05, 0) is 66.3 Å². The Morgan fingerprint density at radius 2 is 1.80 bits per heavy atom. The van der Waals surface area contributed by atoms with Crippen molar-refractivity contribution in [2.45, 2.75) is 51.2 Å². The molecule has 1 N–H and O–H groups in total. The highest BCUT2D eigenvalue weighted by atomic mass is 19.1. The summed E-state index contributed by atoms with van der Waals surface area (Å²) in [7, 11) is 3.28. The van der Waals surface area contributed by atoms with Crippen molar-refractivity contribution in [2.75, 3.05) is 20.8 Å². The summed E-state index contributed by atoms with van der Waals surface area (Å²) in [5.74, 6) is 1.09. The van der Waals surface area contributed by atoms with Crippen LogP contribution in [0.25, 0.3) is 0 Å². The molecule has 184 valence electrons. The van der Waals surface area contributed by atoms with Gasteiger partial charge in [-0.2, -0.15) is 0 Å². The smallest absolute Gasteiger partial charge is 0.161 e. The number of aromatic nitrogens is 1. The number of hydrogen-bond acceptors (Lipinski definition) is 6.